The number of hydrogen-bond donors (Lipinski definition) is 1. The van der Waals surface area contributed by atoms with Gasteiger partial charge in [0.2, 0.25) is 0 Å². The van der Waals surface area contributed by atoms with Crippen molar-refractivity contribution in [3.63, 3.8) is 0 Å². The van der Waals surface area contributed by atoms with Crippen molar-refractivity contribution in [1.82, 2.24) is 4.98 Å². The fourth-order valence-electron chi connectivity index (χ4n) is 1.89. The van der Waals surface area contributed by atoms with Crippen LogP contribution in [-0.2, 0) is 6.42 Å². The van der Waals surface area contributed by atoms with E-state index in [0.717, 1.165) is 18.4 Å². The second-order valence-electron chi connectivity index (χ2n) is 3.76. The van der Waals surface area contributed by atoms with Gasteiger partial charge in [-0.1, -0.05) is 13.3 Å². The predicted molar refractivity (Wildman–Crippen MR) is 52.2 cm³/mol. The van der Waals surface area contributed by atoms with Gasteiger partial charge in [0.05, 0.1) is 5.69 Å². The Bertz CT molecular complexity index is 310. The molecule has 1 fully saturated rings. The molecule has 1 aromatic rings. The zero-order chi connectivity index (χ0) is 9.26. The Labute approximate surface area is 78.4 Å². The molecule has 0 aromatic carbocycles. The Hall–Kier alpha value is -1.05. The quantitative estimate of drug-likeness (QED) is 0.707. The van der Waals surface area contributed by atoms with Crippen molar-refractivity contribution < 1.29 is 4.79 Å². The lowest BCUT2D eigenvalue weighted by Crippen LogP contribution is -2.09. The summed E-state index contributed by atoms with van der Waals surface area (Å²) in [5.74, 6) is 0.650. The summed E-state index contributed by atoms with van der Waals surface area (Å²) in [4.78, 5) is 13.9. The molecule has 0 bridgehead atoms. The number of nitrogens with one attached hydrogen (secondary N) is 1. The van der Waals surface area contributed by atoms with E-state index in [1.807, 2.05) is 0 Å². The average molecular weight is 177 g/mol. The molecule has 1 N–H and O–H groups in total. The summed E-state index contributed by atoms with van der Waals surface area (Å²) in [6.45, 7) is 2.10. The van der Waals surface area contributed by atoms with Crippen molar-refractivity contribution in [1.29, 1.82) is 0 Å². The third-order valence-electron chi connectivity index (χ3n) is 2.98. The fraction of sp³-hybridized carbons (Fsp3) is 0.545. The number of carbonyl (C=O) groups is 1. The molecule has 1 aliphatic carbocycles. The highest BCUT2D eigenvalue weighted by Crippen LogP contribution is 2.38. The molecule has 2 rings (SSSR count). The Balaban J connectivity index is 2.30. The summed E-state index contributed by atoms with van der Waals surface area (Å²) in [6, 6.07) is 2.16. The van der Waals surface area contributed by atoms with Crippen LogP contribution < -0.4 is 0 Å². The Morgan fingerprint density at radius 2 is 2.38 bits per heavy atom. The second kappa shape index (κ2) is 3.36. The molecule has 1 aromatic heterocycles. The van der Waals surface area contributed by atoms with Crippen LogP contribution in [0, 0.1) is 0 Å². The van der Waals surface area contributed by atoms with Gasteiger partial charge in [0, 0.05) is 5.69 Å². The molecule has 1 saturated carbocycles. The average Bonchev–Trinajstić information content (AvgIpc) is 2.45. The Morgan fingerprint density at radius 3 is 2.85 bits per heavy atom. The maximum absolute atomic E-state index is 10.8. The van der Waals surface area contributed by atoms with Gasteiger partial charge in [0.15, 0.2) is 6.29 Å². The first-order valence-electron chi connectivity index (χ1n) is 5.02. The highest BCUT2D eigenvalue weighted by atomic mass is 16.1. The van der Waals surface area contributed by atoms with E-state index in [1.54, 1.807) is 0 Å². The minimum atomic E-state index is 0.650. The van der Waals surface area contributed by atoms with E-state index >= 15 is 0 Å². The third kappa shape index (κ3) is 1.41. The van der Waals surface area contributed by atoms with Gasteiger partial charge in [0.1, 0.15) is 0 Å². The molecule has 0 unspecified atom stereocenters. The molecule has 1 aliphatic rings. The third-order valence-corrected chi connectivity index (χ3v) is 2.98. The molecule has 13 heavy (non-hydrogen) atoms. The van der Waals surface area contributed by atoms with Crippen molar-refractivity contribution in [2.24, 2.45) is 0 Å². The number of carbonyl (C=O) groups excluding carboxylic acids is 1. The lowest BCUT2D eigenvalue weighted by Gasteiger charge is -2.24. The number of H-pyrrole nitrogens is 1. The van der Waals surface area contributed by atoms with Crippen LogP contribution in [0.1, 0.15) is 53.8 Å². The van der Waals surface area contributed by atoms with E-state index in [1.165, 1.54) is 30.5 Å². The fourth-order valence-corrected chi connectivity index (χ4v) is 1.89. The monoisotopic (exact) mass is 177 g/mol. The zero-order valence-electron chi connectivity index (χ0n) is 7.97. The van der Waals surface area contributed by atoms with Crippen molar-refractivity contribution >= 4 is 6.29 Å². The van der Waals surface area contributed by atoms with Gasteiger partial charge in [0.25, 0.3) is 0 Å². The van der Waals surface area contributed by atoms with Crippen molar-refractivity contribution in [2.75, 3.05) is 0 Å². The molecule has 70 valence electrons. The number of hydrogen-bond acceptors (Lipinski definition) is 1. The molecular formula is C11H15NO. The van der Waals surface area contributed by atoms with Crippen molar-refractivity contribution in [3.05, 3.63) is 23.0 Å². The van der Waals surface area contributed by atoms with Gasteiger partial charge in [-0.25, -0.2) is 0 Å². The lowest BCUT2D eigenvalue weighted by molar-refractivity contribution is 0.111. The molecule has 0 saturated heterocycles. The summed E-state index contributed by atoms with van der Waals surface area (Å²) in [6.07, 6.45) is 5.75. The number of rotatable bonds is 3. The minimum Gasteiger partial charge on any atom is -0.356 e. The summed E-state index contributed by atoms with van der Waals surface area (Å²) >= 11 is 0. The van der Waals surface area contributed by atoms with Crippen LogP contribution in [0.4, 0.5) is 0 Å². The largest absolute Gasteiger partial charge is 0.356 e. The molecule has 0 aliphatic heterocycles. The van der Waals surface area contributed by atoms with Crippen LogP contribution in [0.3, 0.4) is 0 Å². The van der Waals surface area contributed by atoms with E-state index in [-0.39, 0.29) is 0 Å². The lowest BCUT2D eigenvalue weighted by atomic mass is 9.80. The van der Waals surface area contributed by atoms with Crippen LogP contribution in [0.5, 0.6) is 0 Å². The summed E-state index contributed by atoms with van der Waals surface area (Å²) < 4.78 is 0. The molecule has 1 heterocycles. The van der Waals surface area contributed by atoms with Gasteiger partial charge < -0.3 is 4.98 Å². The van der Waals surface area contributed by atoms with E-state index in [9.17, 15) is 4.79 Å². The van der Waals surface area contributed by atoms with Gasteiger partial charge in [-0.2, -0.15) is 0 Å². The van der Waals surface area contributed by atoms with Gasteiger partial charge in [-0.05, 0) is 36.8 Å². The molecule has 2 heteroatoms. The van der Waals surface area contributed by atoms with Gasteiger partial charge in [-0.15, -0.1) is 0 Å². The molecule has 0 radical (unpaired) electrons. The van der Waals surface area contributed by atoms with Crippen LogP contribution >= 0.6 is 0 Å². The van der Waals surface area contributed by atoms with Crippen LogP contribution in [0.15, 0.2) is 6.07 Å². The number of aromatic amines is 1. The first-order valence-corrected chi connectivity index (χ1v) is 5.02. The van der Waals surface area contributed by atoms with Crippen LogP contribution in [-0.4, -0.2) is 11.3 Å². The highest BCUT2D eigenvalue weighted by Gasteiger charge is 2.23. The molecule has 0 amide bonds. The first kappa shape index (κ1) is 8.54. The first-order chi connectivity index (χ1) is 6.35. The number of aldehydes is 1. The normalized spacial score (nSPS) is 17.0. The van der Waals surface area contributed by atoms with Crippen molar-refractivity contribution in [2.45, 2.75) is 38.5 Å². The van der Waals surface area contributed by atoms with Crippen LogP contribution in [0.25, 0.3) is 0 Å². The Morgan fingerprint density at radius 1 is 1.62 bits per heavy atom. The summed E-state index contributed by atoms with van der Waals surface area (Å²) in [5, 5.41) is 0. The molecule has 0 atom stereocenters. The van der Waals surface area contributed by atoms with E-state index in [2.05, 4.69) is 18.0 Å². The number of aromatic nitrogens is 1. The Kier molecular flexibility index (Phi) is 2.21. The van der Waals surface area contributed by atoms with E-state index in [0.29, 0.717) is 5.92 Å². The molecular weight excluding hydrogens is 162 g/mol. The maximum atomic E-state index is 10.8. The van der Waals surface area contributed by atoms with Crippen LogP contribution in [0.2, 0.25) is 0 Å². The maximum Gasteiger partial charge on any atom is 0.166 e. The highest BCUT2D eigenvalue weighted by molar-refractivity contribution is 5.75. The molecule has 2 nitrogen and oxygen atoms in total. The predicted octanol–water partition coefficient (Wildman–Crippen LogP) is 2.66. The van der Waals surface area contributed by atoms with Gasteiger partial charge in [-0.3, -0.25) is 4.79 Å². The summed E-state index contributed by atoms with van der Waals surface area (Å²) in [7, 11) is 0. The van der Waals surface area contributed by atoms with E-state index < -0.39 is 0 Å². The zero-order valence-corrected chi connectivity index (χ0v) is 7.97. The number of aryl methyl sites for hydroxylation is 1. The topological polar surface area (TPSA) is 32.9 Å². The standard InChI is InChI=1S/C11H15NO/c1-2-9-6-10(8-4-3-5-8)11(7-13)12-9/h6-8,12H,2-5H2,1H3. The minimum absolute atomic E-state index is 0.650. The van der Waals surface area contributed by atoms with E-state index in [4.69, 9.17) is 0 Å². The smallest absolute Gasteiger partial charge is 0.166 e. The summed E-state index contributed by atoms with van der Waals surface area (Å²) in [5.41, 5.74) is 3.24. The second-order valence-corrected chi connectivity index (χ2v) is 3.76. The van der Waals surface area contributed by atoms with Gasteiger partial charge >= 0.3 is 0 Å². The SMILES string of the molecule is CCc1cc(C2CCC2)c(C=O)[nH]1. The molecule has 0 spiro atoms. The van der Waals surface area contributed by atoms with Crippen molar-refractivity contribution in [3.8, 4) is 0 Å².